The second-order valence-electron chi connectivity index (χ2n) is 7.39. The summed E-state index contributed by atoms with van der Waals surface area (Å²) < 4.78 is 1.20. The van der Waals surface area contributed by atoms with E-state index in [1.807, 2.05) is 31.2 Å². The second kappa shape index (κ2) is 9.35. The van der Waals surface area contributed by atoms with Crippen molar-refractivity contribution in [2.75, 3.05) is 10.6 Å². The van der Waals surface area contributed by atoms with Crippen LogP contribution in [0.5, 0.6) is 0 Å². The third-order valence-corrected chi connectivity index (χ3v) is 6.61. The van der Waals surface area contributed by atoms with Crippen LogP contribution in [0.1, 0.15) is 20.8 Å². The van der Waals surface area contributed by atoms with Gasteiger partial charge in [-0.25, -0.2) is 4.98 Å². The number of amides is 2. The molecule has 2 N–H and O–H groups in total. The quantitative estimate of drug-likeness (QED) is 0.390. The molecule has 0 aliphatic rings. The molecule has 33 heavy (non-hydrogen) atoms. The summed E-state index contributed by atoms with van der Waals surface area (Å²) in [6.45, 7) is 3.34. The van der Waals surface area contributed by atoms with Gasteiger partial charge >= 0.3 is 0 Å². The zero-order chi connectivity index (χ0) is 23.7. The summed E-state index contributed by atoms with van der Waals surface area (Å²) in [7, 11) is 0. The van der Waals surface area contributed by atoms with Crippen molar-refractivity contribution in [3.63, 3.8) is 0 Å². The van der Waals surface area contributed by atoms with Crippen molar-refractivity contribution in [2.24, 2.45) is 0 Å². The van der Waals surface area contributed by atoms with Crippen LogP contribution in [0.15, 0.2) is 53.6 Å². The first-order valence-corrected chi connectivity index (χ1v) is 11.4. The highest BCUT2D eigenvalue weighted by molar-refractivity contribution is 7.20. The molecule has 0 unspecified atom stereocenters. The highest BCUT2D eigenvalue weighted by atomic mass is 35.5. The maximum atomic E-state index is 13.1. The predicted molar refractivity (Wildman–Crippen MR) is 133 cm³/mol. The molecule has 168 valence electrons. The van der Waals surface area contributed by atoms with Gasteiger partial charge < -0.3 is 10.6 Å². The number of hydrogen-bond donors (Lipinski definition) is 2. The normalized spacial score (nSPS) is 10.9. The number of nitrogens with one attached hydrogen (secondary N) is 2. The summed E-state index contributed by atoms with van der Waals surface area (Å²) in [6, 6.07) is 12.1. The van der Waals surface area contributed by atoms with Gasteiger partial charge in [0.05, 0.1) is 16.6 Å². The zero-order valence-electron chi connectivity index (χ0n) is 17.6. The molecule has 0 spiro atoms. The topological polar surface area (TPSA) is 93.1 Å². The fourth-order valence-electron chi connectivity index (χ4n) is 3.36. The number of nitrogens with zero attached hydrogens (tertiary/aromatic N) is 2. The number of anilines is 2. The van der Waals surface area contributed by atoms with E-state index in [1.54, 1.807) is 25.1 Å². The van der Waals surface area contributed by atoms with Crippen molar-refractivity contribution < 1.29 is 9.59 Å². The van der Waals surface area contributed by atoms with Crippen molar-refractivity contribution in [3.05, 3.63) is 85.2 Å². The number of carbonyl (C=O) groups is 2. The lowest BCUT2D eigenvalue weighted by Gasteiger charge is -2.08. The lowest BCUT2D eigenvalue weighted by molar-refractivity contribution is -0.116. The Balaban J connectivity index is 1.59. The molecular formula is C23H18Cl2N4O3S. The first-order chi connectivity index (χ1) is 15.7. The molecule has 2 aromatic heterocycles. The molecule has 4 aromatic rings. The van der Waals surface area contributed by atoms with Crippen molar-refractivity contribution in [1.82, 2.24) is 9.55 Å². The van der Waals surface area contributed by atoms with Gasteiger partial charge in [-0.05, 0) is 49.2 Å². The number of carbonyl (C=O) groups excluding carboxylic acids is 2. The van der Waals surface area contributed by atoms with Crippen LogP contribution in [-0.2, 0) is 11.3 Å². The zero-order valence-corrected chi connectivity index (χ0v) is 19.9. The maximum Gasteiger partial charge on any atom is 0.266 e. The summed E-state index contributed by atoms with van der Waals surface area (Å²) in [6.07, 6.45) is 1.30. The average molecular weight is 501 g/mol. The first-order valence-electron chi connectivity index (χ1n) is 9.84. The largest absolute Gasteiger partial charge is 0.324 e. The molecular weight excluding hydrogens is 483 g/mol. The Labute approximate surface area is 203 Å². The van der Waals surface area contributed by atoms with E-state index in [4.69, 9.17) is 23.2 Å². The summed E-state index contributed by atoms with van der Waals surface area (Å²) in [5.41, 5.74) is 2.17. The number of benzene rings is 2. The molecule has 2 aromatic carbocycles. The summed E-state index contributed by atoms with van der Waals surface area (Å²) in [5.74, 6) is -0.756. The Bertz CT molecular complexity index is 1440. The smallest absolute Gasteiger partial charge is 0.266 e. The van der Waals surface area contributed by atoms with Crippen molar-refractivity contribution >= 4 is 67.9 Å². The summed E-state index contributed by atoms with van der Waals surface area (Å²) in [5, 5.41) is 6.61. The molecule has 0 atom stereocenters. The van der Waals surface area contributed by atoms with E-state index in [0.717, 1.165) is 16.9 Å². The van der Waals surface area contributed by atoms with Crippen molar-refractivity contribution in [3.8, 4) is 0 Å². The molecule has 0 saturated carbocycles. The van der Waals surface area contributed by atoms with Gasteiger partial charge in [-0.1, -0.05) is 41.4 Å². The minimum Gasteiger partial charge on any atom is -0.324 e. The molecule has 7 nitrogen and oxygen atoms in total. The third kappa shape index (κ3) is 4.93. The molecule has 0 saturated heterocycles. The van der Waals surface area contributed by atoms with E-state index < -0.39 is 11.5 Å². The Hall–Kier alpha value is -3.20. The highest BCUT2D eigenvalue weighted by Gasteiger charge is 2.20. The van der Waals surface area contributed by atoms with Crippen molar-refractivity contribution in [2.45, 2.75) is 20.4 Å². The Morgan fingerprint density at radius 2 is 1.76 bits per heavy atom. The number of rotatable bonds is 5. The van der Waals surface area contributed by atoms with Crippen LogP contribution in [0.2, 0.25) is 10.0 Å². The van der Waals surface area contributed by atoms with Gasteiger partial charge in [-0.15, -0.1) is 11.3 Å². The number of thiophene rings is 1. The minimum atomic E-state index is -0.443. The maximum absolute atomic E-state index is 13.1. The van der Waals surface area contributed by atoms with Crippen LogP contribution < -0.4 is 16.2 Å². The fourth-order valence-corrected chi connectivity index (χ4v) is 4.92. The lowest BCUT2D eigenvalue weighted by Crippen LogP contribution is -2.28. The van der Waals surface area contributed by atoms with Crippen LogP contribution in [-0.4, -0.2) is 21.4 Å². The van der Waals surface area contributed by atoms with Gasteiger partial charge in [0, 0.05) is 21.4 Å². The average Bonchev–Trinajstić information content (AvgIpc) is 3.08. The Kier molecular flexibility index (Phi) is 6.51. The molecule has 0 radical (unpaired) electrons. The number of aryl methyl sites for hydroxylation is 2. The highest BCUT2D eigenvalue weighted by Crippen LogP contribution is 2.28. The lowest BCUT2D eigenvalue weighted by atomic mass is 10.2. The van der Waals surface area contributed by atoms with Crippen LogP contribution >= 0.6 is 34.5 Å². The van der Waals surface area contributed by atoms with Crippen molar-refractivity contribution in [1.29, 1.82) is 0 Å². The molecule has 10 heteroatoms. The number of fused-ring (bicyclic) bond motifs is 1. The summed E-state index contributed by atoms with van der Waals surface area (Å²) >= 11 is 13.1. The molecule has 4 rings (SSSR count). The third-order valence-electron chi connectivity index (χ3n) is 4.98. The molecule has 0 aliphatic carbocycles. The van der Waals surface area contributed by atoms with Gasteiger partial charge in [0.2, 0.25) is 5.91 Å². The van der Waals surface area contributed by atoms with Gasteiger partial charge in [0.25, 0.3) is 11.5 Å². The first kappa shape index (κ1) is 23.0. The summed E-state index contributed by atoms with van der Waals surface area (Å²) in [4.78, 5) is 43.5. The van der Waals surface area contributed by atoms with Crippen LogP contribution in [0.3, 0.4) is 0 Å². The number of halogens is 2. The van der Waals surface area contributed by atoms with Gasteiger partial charge in [0.1, 0.15) is 11.4 Å². The molecule has 0 bridgehead atoms. The number of para-hydroxylation sites is 1. The molecule has 2 amide bonds. The van der Waals surface area contributed by atoms with Crippen LogP contribution in [0.25, 0.3) is 10.2 Å². The van der Waals surface area contributed by atoms with Crippen LogP contribution in [0, 0.1) is 13.8 Å². The monoisotopic (exact) mass is 500 g/mol. The van der Waals surface area contributed by atoms with E-state index in [9.17, 15) is 14.4 Å². The predicted octanol–water partition coefficient (Wildman–Crippen LogP) is 5.27. The van der Waals surface area contributed by atoms with Crippen LogP contribution in [0.4, 0.5) is 11.4 Å². The SMILES string of the molecule is Cc1ccccc1NC(=O)c1sc2ncn(CC(=O)Nc3cc(Cl)cc(Cl)c3)c(=O)c2c1C. The molecule has 0 aliphatic heterocycles. The standard InChI is InChI=1S/C23H18Cl2N4O3S/c1-12-5-3-4-6-17(12)28-21(31)20-13(2)19-22(33-20)26-11-29(23(19)32)10-18(30)27-16-8-14(24)7-15(25)9-16/h3-9,11H,10H2,1-2H3,(H,27,30)(H,28,31). The number of hydrogen-bond acceptors (Lipinski definition) is 5. The van der Waals surface area contributed by atoms with Gasteiger partial charge in [-0.2, -0.15) is 0 Å². The molecule has 2 heterocycles. The Morgan fingerprint density at radius 1 is 1.06 bits per heavy atom. The fraction of sp³-hybridized carbons (Fsp3) is 0.130. The minimum absolute atomic E-state index is 0.258. The van der Waals surface area contributed by atoms with Gasteiger partial charge in [0.15, 0.2) is 0 Å². The number of aromatic nitrogens is 2. The van der Waals surface area contributed by atoms with Gasteiger partial charge in [-0.3, -0.25) is 19.0 Å². The molecule has 0 fully saturated rings. The Morgan fingerprint density at radius 3 is 2.45 bits per heavy atom. The van der Waals surface area contributed by atoms with E-state index >= 15 is 0 Å². The van der Waals surface area contributed by atoms with E-state index in [0.29, 0.717) is 42.1 Å². The van der Waals surface area contributed by atoms with E-state index in [1.165, 1.54) is 10.9 Å². The second-order valence-corrected chi connectivity index (χ2v) is 9.26. The van der Waals surface area contributed by atoms with E-state index in [-0.39, 0.29) is 12.5 Å². The van der Waals surface area contributed by atoms with E-state index in [2.05, 4.69) is 15.6 Å².